The van der Waals surface area contributed by atoms with Crippen molar-refractivity contribution in [2.24, 2.45) is 0 Å². The first-order valence-corrected chi connectivity index (χ1v) is 7.35. The number of thiophene rings is 1. The van der Waals surface area contributed by atoms with E-state index in [1.54, 1.807) is 17.5 Å². The summed E-state index contributed by atoms with van der Waals surface area (Å²) in [5.41, 5.74) is 4.64. The summed E-state index contributed by atoms with van der Waals surface area (Å²) < 4.78 is 12.7. The predicted octanol–water partition coefficient (Wildman–Crippen LogP) is 2.31. The number of hydrazine groups is 1. The summed E-state index contributed by atoms with van der Waals surface area (Å²) in [6, 6.07) is 8.36. The summed E-state index contributed by atoms with van der Waals surface area (Å²) in [7, 11) is 0. The third-order valence-electron chi connectivity index (χ3n) is 2.80. The van der Waals surface area contributed by atoms with Gasteiger partial charge in [0.15, 0.2) is 5.78 Å². The van der Waals surface area contributed by atoms with E-state index in [1.807, 2.05) is 0 Å². The molecule has 22 heavy (non-hydrogen) atoms. The zero-order valence-electron chi connectivity index (χ0n) is 11.5. The van der Waals surface area contributed by atoms with Crippen LogP contribution < -0.4 is 10.9 Å². The molecule has 0 spiro atoms. The summed E-state index contributed by atoms with van der Waals surface area (Å²) in [4.78, 5) is 35.6. The number of carbonyl (C=O) groups excluding carboxylic acids is 3. The number of Topliss-reactive ketones (excluding diaryl/α,β-unsaturated/α-hetero) is 1. The summed E-state index contributed by atoms with van der Waals surface area (Å²) in [6.07, 6.45) is 0.0409. The Labute approximate surface area is 130 Å². The maximum Gasteiger partial charge on any atom is 0.269 e. The molecule has 0 radical (unpaired) electrons. The molecule has 0 aliphatic rings. The fourth-order valence-corrected chi connectivity index (χ4v) is 2.34. The van der Waals surface area contributed by atoms with Crippen molar-refractivity contribution in [2.45, 2.75) is 12.8 Å². The van der Waals surface area contributed by atoms with Crippen LogP contribution in [0.2, 0.25) is 0 Å². The van der Waals surface area contributed by atoms with Gasteiger partial charge in [0.1, 0.15) is 5.82 Å². The molecule has 7 heteroatoms. The highest BCUT2D eigenvalue weighted by molar-refractivity contribution is 7.12. The molecule has 0 aliphatic heterocycles. The molecule has 2 N–H and O–H groups in total. The standard InChI is InChI=1S/C15H13FN2O3S/c16-11-5-3-10(4-6-11)15(21)18-17-14(20)8-7-12(19)13-2-1-9-22-13/h1-6,9H,7-8H2,(H,17,20)(H,18,21). The van der Waals surface area contributed by atoms with E-state index < -0.39 is 17.6 Å². The van der Waals surface area contributed by atoms with Crippen molar-refractivity contribution < 1.29 is 18.8 Å². The van der Waals surface area contributed by atoms with Crippen LogP contribution in [0.1, 0.15) is 32.9 Å². The number of benzene rings is 1. The number of hydrogen-bond acceptors (Lipinski definition) is 4. The largest absolute Gasteiger partial charge is 0.293 e. The lowest BCUT2D eigenvalue weighted by Crippen LogP contribution is -2.41. The lowest BCUT2D eigenvalue weighted by atomic mass is 10.2. The zero-order valence-corrected chi connectivity index (χ0v) is 12.3. The molecule has 2 rings (SSSR count). The van der Waals surface area contributed by atoms with Crippen LogP contribution in [0.25, 0.3) is 0 Å². The lowest BCUT2D eigenvalue weighted by Gasteiger charge is -2.07. The molecule has 0 saturated heterocycles. The van der Waals surface area contributed by atoms with Crippen LogP contribution in [0.3, 0.4) is 0 Å². The van der Waals surface area contributed by atoms with E-state index in [4.69, 9.17) is 0 Å². The highest BCUT2D eigenvalue weighted by Gasteiger charge is 2.11. The Hall–Kier alpha value is -2.54. The molecule has 2 aromatic rings. The number of halogens is 1. The molecule has 0 atom stereocenters. The Morgan fingerprint density at radius 3 is 2.36 bits per heavy atom. The Bertz CT molecular complexity index is 669. The van der Waals surface area contributed by atoms with E-state index in [1.165, 1.54) is 23.5 Å². The molecular weight excluding hydrogens is 307 g/mol. The van der Waals surface area contributed by atoms with Gasteiger partial charge in [-0.25, -0.2) is 4.39 Å². The molecule has 1 aromatic carbocycles. The molecule has 2 amide bonds. The van der Waals surface area contributed by atoms with Gasteiger partial charge in [-0.2, -0.15) is 0 Å². The van der Waals surface area contributed by atoms with Crippen molar-refractivity contribution in [3.63, 3.8) is 0 Å². The van der Waals surface area contributed by atoms with Crippen molar-refractivity contribution in [3.8, 4) is 0 Å². The van der Waals surface area contributed by atoms with E-state index in [2.05, 4.69) is 10.9 Å². The molecule has 0 bridgehead atoms. The second-order valence-electron chi connectivity index (χ2n) is 4.41. The van der Waals surface area contributed by atoms with Crippen molar-refractivity contribution in [2.75, 3.05) is 0 Å². The highest BCUT2D eigenvalue weighted by atomic mass is 32.1. The van der Waals surface area contributed by atoms with Crippen molar-refractivity contribution in [1.29, 1.82) is 0 Å². The van der Waals surface area contributed by atoms with E-state index in [-0.39, 0.29) is 24.2 Å². The van der Waals surface area contributed by atoms with Gasteiger partial charge in [-0.1, -0.05) is 6.07 Å². The highest BCUT2D eigenvalue weighted by Crippen LogP contribution is 2.12. The molecule has 0 saturated carbocycles. The number of amides is 2. The first-order valence-electron chi connectivity index (χ1n) is 6.47. The maximum absolute atomic E-state index is 12.7. The minimum Gasteiger partial charge on any atom is -0.293 e. The van der Waals surface area contributed by atoms with Gasteiger partial charge in [-0.3, -0.25) is 25.2 Å². The van der Waals surface area contributed by atoms with Gasteiger partial charge >= 0.3 is 0 Å². The van der Waals surface area contributed by atoms with Crippen LogP contribution in [0, 0.1) is 5.82 Å². The van der Waals surface area contributed by atoms with Crippen LogP contribution in [-0.4, -0.2) is 17.6 Å². The van der Waals surface area contributed by atoms with Gasteiger partial charge < -0.3 is 0 Å². The van der Waals surface area contributed by atoms with E-state index in [0.717, 1.165) is 12.1 Å². The topological polar surface area (TPSA) is 75.3 Å². The zero-order chi connectivity index (χ0) is 15.9. The monoisotopic (exact) mass is 320 g/mol. The fourth-order valence-electron chi connectivity index (χ4n) is 1.65. The van der Waals surface area contributed by atoms with E-state index in [9.17, 15) is 18.8 Å². The minimum atomic E-state index is -0.557. The molecule has 0 fully saturated rings. The average Bonchev–Trinajstić information content (AvgIpc) is 3.05. The average molecular weight is 320 g/mol. The van der Waals surface area contributed by atoms with Gasteiger partial charge in [0.25, 0.3) is 5.91 Å². The van der Waals surface area contributed by atoms with Crippen LogP contribution >= 0.6 is 11.3 Å². The lowest BCUT2D eigenvalue weighted by molar-refractivity contribution is -0.121. The Kier molecular flexibility index (Phi) is 5.37. The quantitative estimate of drug-likeness (QED) is 0.656. The number of carbonyl (C=O) groups is 3. The third kappa shape index (κ3) is 4.49. The van der Waals surface area contributed by atoms with Crippen LogP contribution in [0.15, 0.2) is 41.8 Å². The second-order valence-corrected chi connectivity index (χ2v) is 5.36. The van der Waals surface area contributed by atoms with Gasteiger partial charge in [-0.05, 0) is 35.7 Å². The summed E-state index contributed by atoms with van der Waals surface area (Å²) >= 11 is 1.32. The van der Waals surface area contributed by atoms with E-state index >= 15 is 0 Å². The first-order chi connectivity index (χ1) is 10.6. The molecule has 1 aromatic heterocycles. The number of ketones is 1. The summed E-state index contributed by atoms with van der Waals surface area (Å²) in [5.74, 6) is -1.60. The number of nitrogens with one attached hydrogen (secondary N) is 2. The third-order valence-corrected chi connectivity index (χ3v) is 3.71. The van der Waals surface area contributed by atoms with Crippen LogP contribution in [0.4, 0.5) is 4.39 Å². The number of hydrogen-bond donors (Lipinski definition) is 2. The van der Waals surface area contributed by atoms with Gasteiger partial charge in [0.2, 0.25) is 5.91 Å². The van der Waals surface area contributed by atoms with Crippen LogP contribution in [-0.2, 0) is 4.79 Å². The second kappa shape index (κ2) is 7.46. The minimum absolute atomic E-state index is 0.0274. The van der Waals surface area contributed by atoms with Crippen LogP contribution in [0.5, 0.6) is 0 Å². The van der Waals surface area contributed by atoms with Crippen molar-refractivity contribution in [3.05, 3.63) is 58.0 Å². The Morgan fingerprint density at radius 1 is 1.00 bits per heavy atom. The molecule has 0 unspecified atom stereocenters. The smallest absolute Gasteiger partial charge is 0.269 e. The van der Waals surface area contributed by atoms with Crippen molar-refractivity contribution >= 4 is 28.9 Å². The SMILES string of the molecule is O=C(CCC(=O)c1cccs1)NNC(=O)c1ccc(F)cc1. The van der Waals surface area contributed by atoms with Crippen molar-refractivity contribution in [1.82, 2.24) is 10.9 Å². The Morgan fingerprint density at radius 2 is 1.73 bits per heavy atom. The number of rotatable bonds is 5. The molecule has 1 heterocycles. The maximum atomic E-state index is 12.7. The molecule has 5 nitrogen and oxygen atoms in total. The Balaban J connectivity index is 1.74. The normalized spacial score (nSPS) is 10.0. The summed E-state index contributed by atoms with van der Waals surface area (Å²) in [5, 5.41) is 1.79. The molecule has 0 aliphatic carbocycles. The summed E-state index contributed by atoms with van der Waals surface area (Å²) in [6.45, 7) is 0. The molecular formula is C15H13FN2O3S. The van der Waals surface area contributed by atoms with Gasteiger partial charge in [0, 0.05) is 18.4 Å². The van der Waals surface area contributed by atoms with Gasteiger partial charge in [-0.15, -0.1) is 11.3 Å². The van der Waals surface area contributed by atoms with E-state index in [0.29, 0.717) is 4.88 Å². The first kappa shape index (κ1) is 15.8. The fraction of sp³-hybridized carbons (Fsp3) is 0.133. The predicted molar refractivity (Wildman–Crippen MR) is 79.9 cm³/mol. The van der Waals surface area contributed by atoms with Gasteiger partial charge in [0.05, 0.1) is 4.88 Å². The molecule has 114 valence electrons.